The first-order valence-electron chi connectivity index (χ1n) is 5.82. The van der Waals surface area contributed by atoms with E-state index < -0.39 is 5.82 Å². The fourth-order valence-electron chi connectivity index (χ4n) is 1.46. The van der Waals surface area contributed by atoms with E-state index in [2.05, 4.69) is 10.1 Å². The molecule has 104 valence electrons. The number of anilines is 1. The van der Waals surface area contributed by atoms with E-state index in [1.54, 1.807) is 24.1 Å². The van der Waals surface area contributed by atoms with Crippen LogP contribution in [0.2, 0.25) is 0 Å². The topological polar surface area (TPSA) is 58.6 Å². The van der Waals surface area contributed by atoms with Crippen LogP contribution >= 0.6 is 0 Å². The zero-order valence-electron chi connectivity index (χ0n) is 11.0. The van der Waals surface area contributed by atoms with Gasteiger partial charge >= 0.3 is 5.97 Å². The van der Waals surface area contributed by atoms with Crippen LogP contribution in [0.3, 0.4) is 0 Å². The van der Waals surface area contributed by atoms with Crippen LogP contribution in [0.4, 0.5) is 10.1 Å². The molecular weight excluding hydrogens is 251 g/mol. The van der Waals surface area contributed by atoms with Crippen LogP contribution in [0.25, 0.3) is 0 Å². The summed E-state index contributed by atoms with van der Waals surface area (Å²) in [5.41, 5.74) is 0.147. The molecule has 5 nitrogen and oxygen atoms in total. The van der Waals surface area contributed by atoms with Gasteiger partial charge in [0, 0.05) is 6.54 Å². The van der Waals surface area contributed by atoms with Gasteiger partial charge in [0.15, 0.2) is 0 Å². The maximum absolute atomic E-state index is 13.3. The predicted molar refractivity (Wildman–Crippen MR) is 69.2 cm³/mol. The lowest BCUT2D eigenvalue weighted by atomic mass is 10.3. The third-order valence-electron chi connectivity index (χ3n) is 2.49. The Hall–Kier alpha value is -1.95. The summed E-state index contributed by atoms with van der Waals surface area (Å²) in [6.07, 6.45) is 0.208. The van der Waals surface area contributed by atoms with Crippen molar-refractivity contribution >= 4 is 17.6 Å². The highest BCUT2D eigenvalue weighted by molar-refractivity contribution is 5.92. The lowest BCUT2D eigenvalue weighted by Crippen LogP contribution is -2.32. The number of hydrogen-bond donors (Lipinski definition) is 1. The van der Waals surface area contributed by atoms with Crippen LogP contribution < -0.4 is 5.32 Å². The molecule has 0 aromatic heterocycles. The van der Waals surface area contributed by atoms with Gasteiger partial charge in [0.25, 0.3) is 0 Å². The number of likely N-dealkylation sites (N-methyl/N-ethyl adjacent to an activating group) is 1. The number of para-hydroxylation sites is 1. The minimum atomic E-state index is -0.479. The molecule has 0 fully saturated rings. The third-order valence-corrected chi connectivity index (χ3v) is 2.49. The SMILES string of the molecule is COC(=O)CCN(C)CC(=O)Nc1ccccc1F. The van der Waals surface area contributed by atoms with Crippen molar-refractivity contribution < 1.29 is 18.7 Å². The van der Waals surface area contributed by atoms with Crippen molar-refractivity contribution in [2.45, 2.75) is 6.42 Å². The summed E-state index contributed by atoms with van der Waals surface area (Å²) in [6.45, 7) is 0.475. The van der Waals surface area contributed by atoms with Crippen molar-refractivity contribution in [2.24, 2.45) is 0 Å². The Balaban J connectivity index is 2.39. The number of amides is 1. The average Bonchev–Trinajstić information content (AvgIpc) is 2.38. The molecule has 1 aromatic rings. The van der Waals surface area contributed by atoms with E-state index >= 15 is 0 Å². The molecule has 6 heteroatoms. The van der Waals surface area contributed by atoms with Crippen LogP contribution in [0.15, 0.2) is 24.3 Å². The molecule has 0 aliphatic heterocycles. The summed E-state index contributed by atoms with van der Waals surface area (Å²) in [7, 11) is 3.01. The van der Waals surface area contributed by atoms with Gasteiger partial charge in [-0.25, -0.2) is 4.39 Å². The fraction of sp³-hybridized carbons (Fsp3) is 0.385. The van der Waals surface area contributed by atoms with Gasteiger partial charge in [-0.1, -0.05) is 12.1 Å². The van der Waals surface area contributed by atoms with Crippen molar-refractivity contribution in [2.75, 3.05) is 32.6 Å². The summed E-state index contributed by atoms with van der Waals surface area (Å²) in [4.78, 5) is 24.3. The molecule has 0 aliphatic carbocycles. The molecule has 0 bridgehead atoms. The van der Waals surface area contributed by atoms with E-state index in [1.165, 1.54) is 19.2 Å². The van der Waals surface area contributed by atoms with Gasteiger partial charge in [-0.15, -0.1) is 0 Å². The molecule has 0 unspecified atom stereocenters. The minimum Gasteiger partial charge on any atom is -0.469 e. The van der Waals surface area contributed by atoms with E-state index in [9.17, 15) is 14.0 Å². The smallest absolute Gasteiger partial charge is 0.306 e. The Morgan fingerprint density at radius 2 is 2.05 bits per heavy atom. The maximum atomic E-state index is 13.3. The van der Waals surface area contributed by atoms with Crippen molar-refractivity contribution in [3.05, 3.63) is 30.1 Å². The number of rotatable bonds is 6. The molecular formula is C13H17FN2O3. The molecule has 0 saturated carbocycles. The van der Waals surface area contributed by atoms with Crippen LogP contribution in [-0.4, -0.2) is 44.0 Å². The van der Waals surface area contributed by atoms with E-state index in [0.29, 0.717) is 6.54 Å². The zero-order chi connectivity index (χ0) is 14.3. The first-order chi connectivity index (χ1) is 9.02. The lowest BCUT2D eigenvalue weighted by Gasteiger charge is -2.15. The number of methoxy groups -OCH3 is 1. The average molecular weight is 268 g/mol. The third kappa shape index (κ3) is 5.48. The number of hydrogen-bond acceptors (Lipinski definition) is 4. The van der Waals surface area contributed by atoms with E-state index in [0.717, 1.165) is 0 Å². The monoisotopic (exact) mass is 268 g/mol. The molecule has 0 aliphatic rings. The lowest BCUT2D eigenvalue weighted by molar-refractivity contribution is -0.141. The van der Waals surface area contributed by atoms with E-state index in [-0.39, 0.29) is 30.5 Å². The molecule has 1 N–H and O–H groups in total. The molecule has 0 heterocycles. The largest absolute Gasteiger partial charge is 0.469 e. The van der Waals surface area contributed by atoms with Gasteiger partial charge in [-0.2, -0.15) is 0 Å². The first kappa shape index (κ1) is 15.1. The second kappa shape index (κ2) is 7.48. The summed E-state index contributed by atoms with van der Waals surface area (Å²) in [5, 5.41) is 2.47. The van der Waals surface area contributed by atoms with Crippen LogP contribution in [-0.2, 0) is 14.3 Å². The van der Waals surface area contributed by atoms with Crippen molar-refractivity contribution in [3.8, 4) is 0 Å². The number of halogens is 1. The Kier molecular flexibility index (Phi) is 5.95. The van der Waals surface area contributed by atoms with Crippen molar-refractivity contribution in [1.82, 2.24) is 4.90 Å². The standard InChI is InChI=1S/C13H17FN2O3/c1-16(8-7-13(18)19-2)9-12(17)15-11-6-4-3-5-10(11)14/h3-6H,7-9H2,1-2H3,(H,15,17). The molecule has 19 heavy (non-hydrogen) atoms. The molecule has 0 spiro atoms. The molecule has 1 rings (SSSR count). The Labute approximate surface area is 111 Å². The molecule has 1 amide bonds. The van der Waals surface area contributed by atoms with Crippen LogP contribution in [0, 0.1) is 5.82 Å². The van der Waals surface area contributed by atoms with Gasteiger partial charge in [0.2, 0.25) is 5.91 Å². The second-order valence-corrected chi connectivity index (χ2v) is 4.09. The maximum Gasteiger partial charge on any atom is 0.306 e. The number of nitrogens with zero attached hydrogens (tertiary/aromatic N) is 1. The Morgan fingerprint density at radius 1 is 1.37 bits per heavy atom. The first-order valence-corrected chi connectivity index (χ1v) is 5.82. The summed E-state index contributed by atoms with van der Waals surface area (Å²) in [5.74, 6) is -1.15. The Morgan fingerprint density at radius 3 is 2.68 bits per heavy atom. The quantitative estimate of drug-likeness (QED) is 0.789. The number of nitrogens with one attached hydrogen (secondary N) is 1. The Bertz CT molecular complexity index is 451. The molecule has 0 saturated heterocycles. The highest BCUT2D eigenvalue weighted by Crippen LogP contribution is 2.11. The second-order valence-electron chi connectivity index (χ2n) is 4.09. The number of benzene rings is 1. The number of carbonyl (C=O) groups excluding carboxylic acids is 2. The van der Waals surface area contributed by atoms with Gasteiger partial charge in [0.1, 0.15) is 5.82 Å². The summed E-state index contributed by atoms with van der Waals surface area (Å²) < 4.78 is 17.8. The number of ether oxygens (including phenoxy) is 1. The number of esters is 1. The van der Waals surface area contributed by atoms with E-state index in [4.69, 9.17) is 0 Å². The van der Waals surface area contributed by atoms with E-state index in [1.807, 2.05) is 0 Å². The number of carbonyl (C=O) groups is 2. The van der Waals surface area contributed by atoms with Crippen molar-refractivity contribution in [1.29, 1.82) is 0 Å². The summed E-state index contributed by atoms with van der Waals surface area (Å²) >= 11 is 0. The molecule has 0 atom stereocenters. The van der Waals surface area contributed by atoms with Crippen LogP contribution in [0.5, 0.6) is 0 Å². The normalized spacial score (nSPS) is 10.3. The van der Waals surface area contributed by atoms with Crippen LogP contribution in [0.1, 0.15) is 6.42 Å². The van der Waals surface area contributed by atoms with Gasteiger partial charge in [-0.3, -0.25) is 14.5 Å². The predicted octanol–water partition coefficient (Wildman–Crippen LogP) is 1.26. The molecule has 1 aromatic carbocycles. The fourth-order valence-corrected chi connectivity index (χ4v) is 1.46. The molecule has 0 radical (unpaired) electrons. The minimum absolute atomic E-state index is 0.0747. The summed E-state index contributed by atoms with van der Waals surface area (Å²) in [6, 6.07) is 5.95. The highest BCUT2D eigenvalue weighted by Gasteiger charge is 2.10. The van der Waals surface area contributed by atoms with Gasteiger partial charge in [-0.05, 0) is 19.2 Å². The highest BCUT2D eigenvalue weighted by atomic mass is 19.1. The van der Waals surface area contributed by atoms with Gasteiger partial charge < -0.3 is 10.1 Å². The zero-order valence-corrected chi connectivity index (χ0v) is 11.0. The van der Waals surface area contributed by atoms with Crippen molar-refractivity contribution in [3.63, 3.8) is 0 Å². The van der Waals surface area contributed by atoms with Gasteiger partial charge in [0.05, 0.1) is 25.8 Å².